The van der Waals surface area contributed by atoms with E-state index in [1.165, 1.54) is 0 Å². The van der Waals surface area contributed by atoms with Crippen molar-refractivity contribution in [1.29, 1.82) is 0 Å². The number of amides is 1. The molecule has 6 nitrogen and oxygen atoms in total. The maximum absolute atomic E-state index is 13.0. The van der Waals surface area contributed by atoms with Crippen LogP contribution in [0.1, 0.15) is 41.4 Å². The molecule has 0 atom stereocenters. The number of unbranched alkanes of at least 4 members (excludes halogenated alkanes) is 1. The molecule has 0 aliphatic carbocycles. The molecule has 6 heteroatoms. The van der Waals surface area contributed by atoms with Gasteiger partial charge in [0.25, 0.3) is 5.91 Å². The first-order chi connectivity index (χ1) is 14.5. The van der Waals surface area contributed by atoms with Crippen LogP contribution in [0.25, 0.3) is 16.9 Å². The fourth-order valence-electron chi connectivity index (χ4n) is 3.38. The summed E-state index contributed by atoms with van der Waals surface area (Å²) in [7, 11) is 3.22. The van der Waals surface area contributed by atoms with Gasteiger partial charge in [-0.3, -0.25) is 4.79 Å². The predicted octanol–water partition coefficient (Wildman–Crippen LogP) is 4.70. The van der Waals surface area contributed by atoms with Crippen LogP contribution in [0.15, 0.2) is 42.5 Å². The molecule has 0 spiro atoms. The normalized spacial score (nSPS) is 10.7. The number of rotatable bonds is 8. The zero-order chi connectivity index (χ0) is 21.7. The van der Waals surface area contributed by atoms with Crippen LogP contribution in [0.3, 0.4) is 0 Å². The highest BCUT2D eigenvalue weighted by Gasteiger charge is 2.20. The summed E-state index contributed by atoms with van der Waals surface area (Å²) < 4.78 is 12.6. The minimum absolute atomic E-state index is 0.144. The van der Waals surface area contributed by atoms with E-state index < -0.39 is 0 Å². The second-order valence-electron chi connectivity index (χ2n) is 7.29. The third-order valence-corrected chi connectivity index (χ3v) is 5.02. The molecule has 0 fully saturated rings. The first-order valence-electron chi connectivity index (χ1n) is 10.2. The van der Waals surface area contributed by atoms with E-state index in [9.17, 15) is 4.79 Å². The summed E-state index contributed by atoms with van der Waals surface area (Å²) in [5.41, 5.74) is 5.04. The number of ether oxygens (including phenoxy) is 2. The van der Waals surface area contributed by atoms with Crippen molar-refractivity contribution in [2.75, 3.05) is 20.8 Å². The largest absolute Gasteiger partial charge is 0.497 e. The predicted molar refractivity (Wildman–Crippen MR) is 119 cm³/mol. The van der Waals surface area contributed by atoms with Gasteiger partial charge in [0.05, 0.1) is 25.6 Å². The molecule has 30 heavy (non-hydrogen) atoms. The van der Waals surface area contributed by atoms with E-state index in [1.807, 2.05) is 50.2 Å². The van der Waals surface area contributed by atoms with E-state index in [1.54, 1.807) is 18.9 Å². The van der Waals surface area contributed by atoms with Gasteiger partial charge in [0.1, 0.15) is 17.2 Å². The smallest absolute Gasteiger partial charge is 0.270 e. The van der Waals surface area contributed by atoms with Gasteiger partial charge in [-0.2, -0.15) is 5.10 Å². The molecule has 2 aromatic carbocycles. The zero-order valence-corrected chi connectivity index (χ0v) is 18.3. The molecule has 3 aromatic rings. The Hall–Kier alpha value is -3.28. The van der Waals surface area contributed by atoms with Crippen LogP contribution < -0.4 is 14.8 Å². The lowest BCUT2D eigenvalue weighted by Gasteiger charge is -2.11. The SMILES string of the molecule is CCCCNC(=O)c1cc(-c2ccc(OC)cc2OC)nn1-c1ccc(C)cc1C. The van der Waals surface area contributed by atoms with E-state index in [0.29, 0.717) is 29.4 Å². The number of hydrogen-bond donors (Lipinski definition) is 1. The van der Waals surface area contributed by atoms with Crippen LogP contribution in [0.2, 0.25) is 0 Å². The van der Waals surface area contributed by atoms with Crippen molar-refractivity contribution in [1.82, 2.24) is 15.1 Å². The lowest BCUT2D eigenvalue weighted by molar-refractivity contribution is 0.0945. The van der Waals surface area contributed by atoms with Gasteiger partial charge in [-0.05, 0) is 50.1 Å². The molecule has 0 bridgehead atoms. The van der Waals surface area contributed by atoms with Gasteiger partial charge >= 0.3 is 0 Å². The van der Waals surface area contributed by atoms with Crippen LogP contribution in [-0.2, 0) is 0 Å². The minimum Gasteiger partial charge on any atom is -0.497 e. The first-order valence-corrected chi connectivity index (χ1v) is 10.2. The Balaban J connectivity index is 2.11. The third kappa shape index (κ3) is 4.48. The number of methoxy groups -OCH3 is 2. The van der Waals surface area contributed by atoms with Crippen molar-refractivity contribution < 1.29 is 14.3 Å². The van der Waals surface area contributed by atoms with Crippen molar-refractivity contribution in [2.24, 2.45) is 0 Å². The Morgan fingerprint density at radius 3 is 2.53 bits per heavy atom. The summed E-state index contributed by atoms with van der Waals surface area (Å²) in [5.74, 6) is 1.19. The molecule has 1 heterocycles. The number of aryl methyl sites for hydroxylation is 2. The molecule has 0 radical (unpaired) electrons. The number of aromatic nitrogens is 2. The van der Waals surface area contributed by atoms with Crippen LogP contribution in [0.4, 0.5) is 0 Å². The molecule has 1 N–H and O–H groups in total. The number of nitrogens with one attached hydrogen (secondary N) is 1. The van der Waals surface area contributed by atoms with Gasteiger partial charge < -0.3 is 14.8 Å². The van der Waals surface area contributed by atoms with Crippen LogP contribution >= 0.6 is 0 Å². The van der Waals surface area contributed by atoms with Gasteiger partial charge in [-0.15, -0.1) is 0 Å². The number of carbonyl (C=O) groups is 1. The van der Waals surface area contributed by atoms with Crippen LogP contribution in [0, 0.1) is 13.8 Å². The molecule has 1 amide bonds. The van der Waals surface area contributed by atoms with E-state index in [-0.39, 0.29) is 5.91 Å². The molecule has 0 aliphatic rings. The highest BCUT2D eigenvalue weighted by molar-refractivity contribution is 5.94. The van der Waals surface area contributed by atoms with E-state index in [4.69, 9.17) is 14.6 Å². The van der Waals surface area contributed by atoms with Gasteiger partial charge in [-0.1, -0.05) is 31.0 Å². The minimum atomic E-state index is -0.144. The highest BCUT2D eigenvalue weighted by Crippen LogP contribution is 2.33. The number of carbonyl (C=O) groups excluding carboxylic acids is 1. The Bertz CT molecular complexity index is 1040. The summed E-state index contributed by atoms with van der Waals surface area (Å²) in [6, 6.07) is 13.5. The van der Waals surface area contributed by atoms with Crippen molar-refractivity contribution in [3.05, 3.63) is 59.3 Å². The maximum atomic E-state index is 13.0. The number of hydrogen-bond acceptors (Lipinski definition) is 4. The Kier molecular flexibility index (Phi) is 6.77. The number of nitrogens with zero attached hydrogens (tertiary/aromatic N) is 2. The van der Waals surface area contributed by atoms with Crippen molar-refractivity contribution >= 4 is 5.91 Å². The van der Waals surface area contributed by atoms with Gasteiger partial charge in [-0.25, -0.2) is 4.68 Å². The van der Waals surface area contributed by atoms with E-state index >= 15 is 0 Å². The molecule has 0 aliphatic heterocycles. The van der Waals surface area contributed by atoms with Crippen LogP contribution in [0.5, 0.6) is 11.5 Å². The monoisotopic (exact) mass is 407 g/mol. The zero-order valence-electron chi connectivity index (χ0n) is 18.3. The van der Waals surface area contributed by atoms with Gasteiger partial charge in [0, 0.05) is 18.2 Å². The standard InChI is InChI=1S/C24H29N3O3/c1-6-7-12-25-24(28)22-15-20(19-10-9-18(29-4)14-23(19)30-5)26-27(22)21-11-8-16(2)13-17(21)3/h8-11,13-15H,6-7,12H2,1-5H3,(H,25,28). The quantitative estimate of drug-likeness (QED) is 0.550. The molecular weight excluding hydrogens is 378 g/mol. The fraction of sp³-hybridized carbons (Fsp3) is 0.333. The summed E-state index contributed by atoms with van der Waals surface area (Å²) in [5, 5.41) is 7.79. The Morgan fingerprint density at radius 2 is 1.87 bits per heavy atom. The molecular formula is C24H29N3O3. The maximum Gasteiger partial charge on any atom is 0.270 e. The average molecular weight is 408 g/mol. The van der Waals surface area contributed by atoms with Crippen molar-refractivity contribution in [3.63, 3.8) is 0 Å². The highest BCUT2D eigenvalue weighted by atomic mass is 16.5. The molecule has 0 unspecified atom stereocenters. The van der Waals surface area contributed by atoms with Crippen molar-refractivity contribution in [3.8, 4) is 28.4 Å². The summed E-state index contributed by atoms with van der Waals surface area (Å²) in [4.78, 5) is 13.0. The molecule has 158 valence electrons. The van der Waals surface area contributed by atoms with Crippen LogP contribution in [-0.4, -0.2) is 36.5 Å². The van der Waals surface area contributed by atoms with E-state index in [0.717, 1.165) is 35.2 Å². The lowest BCUT2D eigenvalue weighted by Crippen LogP contribution is -2.26. The molecule has 1 aromatic heterocycles. The fourth-order valence-corrected chi connectivity index (χ4v) is 3.38. The summed E-state index contributed by atoms with van der Waals surface area (Å²) >= 11 is 0. The molecule has 0 saturated carbocycles. The Morgan fingerprint density at radius 1 is 1.07 bits per heavy atom. The second-order valence-corrected chi connectivity index (χ2v) is 7.29. The number of benzene rings is 2. The molecule has 3 rings (SSSR count). The first kappa shape index (κ1) is 21.4. The lowest BCUT2D eigenvalue weighted by atomic mass is 10.1. The van der Waals surface area contributed by atoms with Gasteiger partial charge in [0.2, 0.25) is 0 Å². The van der Waals surface area contributed by atoms with Crippen molar-refractivity contribution in [2.45, 2.75) is 33.6 Å². The second kappa shape index (κ2) is 9.48. The van der Waals surface area contributed by atoms with Gasteiger partial charge in [0.15, 0.2) is 0 Å². The Labute approximate surface area is 177 Å². The van der Waals surface area contributed by atoms with E-state index in [2.05, 4.69) is 18.3 Å². The third-order valence-electron chi connectivity index (χ3n) is 5.02. The topological polar surface area (TPSA) is 65.4 Å². The average Bonchev–Trinajstić information content (AvgIpc) is 3.18. The molecule has 0 saturated heterocycles. The summed E-state index contributed by atoms with van der Waals surface area (Å²) in [6.45, 7) is 6.80. The summed E-state index contributed by atoms with van der Waals surface area (Å²) in [6.07, 6.45) is 1.95.